The van der Waals surface area contributed by atoms with Crippen LogP contribution >= 0.6 is 0 Å². The molecule has 0 unspecified atom stereocenters. The van der Waals surface area contributed by atoms with Crippen LogP contribution in [0.4, 0.5) is 0 Å². The van der Waals surface area contributed by atoms with Crippen molar-refractivity contribution in [2.75, 3.05) is 26.2 Å². The van der Waals surface area contributed by atoms with Crippen LogP contribution in [0.5, 0.6) is 0 Å². The van der Waals surface area contributed by atoms with E-state index < -0.39 is 0 Å². The fourth-order valence-electron chi connectivity index (χ4n) is 2.49. The van der Waals surface area contributed by atoms with E-state index in [-0.39, 0.29) is 0 Å². The summed E-state index contributed by atoms with van der Waals surface area (Å²) >= 11 is 0. The second-order valence-corrected chi connectivity index (χ2v) is 4.07. The number of hydrogen-bond donors (Lipinski definition) is 0. The zero-order chi connectivity index (χ0) is 9.10. The van der Waals surface area contributed by atoms with Crippen molar-refractivity contribution in [2.45, 2.75) is 31.7 Å². The van der Waals surface area contributed by atoms with Gasteiger partial charge in [-0.2, -0.15) is 5.10 Å². The summed E-state index contributed by atoms with van der Waals surface area (Å²) in [4.78, 5) is 2.63. The molecular formula is C10H19N3. The first-order valence-corrected chi connectivity index (χ1v) is 5.36. The van der Waals surface area contributed by atoms with Crippen LogP contribution in [0, 0.1) is 0 Å². The Kier molecular flexibility index (Phi) is 2.83. The second kappa shape index (κ2) is 4.09. The molecule has 1 heterocycles. The van der Waals surface area contributed by atoms with Gasteiger partial charge in [-0.05, 0) is 12.8 Å². The third-order valence-electron chi connectivity index (χ3n) is 3.33. The summed E-state index contributed by atoms with van der Waals surface area (Å²) in [6.07, 6.45) is 5.71. The molecule has 2 aliphatic rings. The highest BCUT2D eigenvalue weighted by Gasteiger charge is 2.25. The van der Waals surface area contributed by atoms with Gasteiger partial charge in [-0.3, -0.25) is 9.91 Å². The van der Waals surface area contributed by atoms with Gasteiger partial charge in [-0.15, -0.1) is 0 Å². The Morgan fingerprint density at radius 2 is 1.62 bits per heavy atom. The molecule has 2 fully saturated rings. The van der Waals surface area contributed by atoms with Gasteiger partial charge in [-0.1, -0.05) is 12.8 Å². The molecule has 0 aromatic heterocycles. The van der Waals surface area contributed by atoms with Crippen molar-refractivity contribution < 1.29 is 0 Å². The Labute approximate surface area is 80.4 Å². The summed E-state index contributed by atoms with van der Waals surface area (Å²) in [6, 6.07) is 0.881. The first-order valence-electron chi connectivity index (χ1n) is 5.36. The number of rotatable bonds is 2. The topological polar surface area (TPSA) is 18.8 Å². The predicted octanol–water partition coefficient (Wildman–Crippen LogP) is 1.16. The maximum absolute atomic E-state index is 3.97. The molecule has 1 saturated heterocycles. The standard InChI is InChI=1S/C10H19N3/c1-11-13-8-6-12(7-9-13)10-4-2-3-5-10/h10H,1-9H2. The van der Waals surface area contributed by atoms with Gasteiger partial charge in [0, 0.05) is 38.9 Å². The van der Waals surface area contributed by atoms with E-state index in [1.54, 1.807) is 0 Å². The van der Waals surface area contributed by atoms with E-state index in [0.29, 0.717) is 0 Å². The van der Waals surface area contributed by atoms with Crippen molar-refractivity contribution in [1.82, 2.24) is 9.91 Å². The van der Waals surface area contributed by atoms with Gasteiger partial charge in [0.1, 0.15) is 0 Å². The molecule has 0 spiro atoms. The lowest BCUT2D eigenvalue weighted by atomic mass is 10.2. The van der Waals surface area contributed by atoms with Crippen molar-refractivity contribution in [2.24, 2.45) is 5.10 Å². The fraction of sp³-hybridized carbons (Fsp3) is 0.900. The third-order valence-corrected chi connectivity index (χ3v) is 3.33. The molecule has 0 atom stereocenters. The molecule has 0 aromatic rings. The molecule has 0 N–H and O–H groups in total. The molecule has 0 radical (unpaired) electrons. The van der Waals surface area contributed by atoms with Crippen molar-refractivity contribution >= 4 is 6.72 Å². The molecule has 0 aromatic carbocycles. The Bertz CT molecular complexity index is 167. The van der Waals surface area contributed by atoms with Crippen LogP contribution in [-0.2, 0) is 0 Å². The van der Waals surface area contributed by atoms with Gasteiger partial charge in [0.2, 0.25) is 0 Å². The number of hydrazone groups is 1. The predicted molar refractivity (Wildman–Crippen MR) is 55.0 cm³/mol. The molecule has 1 aliphatic carbocycles. The van der Waals surface area contributed by atoms with Gasteiger partial charge in [0.25, 0.3) is 0 Å². The lowest BCUT2D eigenvalue weighted by Crippen LogP contribution is -2.47. The number of nitrogens with zero attached hydrogens (tertiary/aromatic N) is 3. The van der Waals surface area contributed by atoms with Crippen LogP contribution in [0.3, 0.4) is 0 Å². The summed E-state index contributed by atoms with van der Waals surface area (Å²) in [5.41, 5.74) is 0. The summed E-state index contributed by atoms with van der Waals surface area (Å²) in [6.45, 7) is 8.07. The maximum atomic E-state index is 3.97. The van der Waals surface area contributed by atoms with E-state index in [9.17, 15) is 0 Å². The van der Waals surface area contributed by atoms with E-state index in [2.05, 4.69) is 21.7 Å². The van der Waals surface area contributed by atoms with Gasteiger partial charge < -0.3 is 0 Å². The van der Waals surface area contributed by atoms with Gasteiger partial charge in [0.15, 0.2) is 0 Å². The summed E-state index contributed by atoms with van der Waals surface area (Å²) in [5.74, 6) is 0. The van der Waals surface area contributed by atoms with Crippen molar-refractivity contribution in [3.8, 4) is 0 Å². The molecule has 1 saturated carbocycles. The lowest BCUT2D eigenvalue weighted by Gasteiger charge is -2.36. The Morgan fingerprint density at radius 3 is 2.15 bits per heavy atom. The molecule has 3 heteroatoms. The molecular weight excluding hydrogens is 162 g/mol. The van der Waals surface area contributed by atoms with Crippen LogP contribution in [0.2, 0.25) is 0 Å². The largest absolute Gasteiger partial charge is 0.297 e. The van der Waals surface area contributed by atoms with Crippen molar-refractivity contribution in [3.63, 3.8) is 0 Å². The highest BCUT2D eigenvalue weighted by molar-refractivity contribution is 5.22. The maximum Gasteiger partial charge on any atom is 0.0488 e. The smallest absolute Gasteiger partial charge is 0.0488 e. The summed E-state index contributed by atoms with van der Waals surface area (Å²) in [5, 5.41) is 6.04. The third kappa shape index (κ3) is 2.02. The van der Waals surface area contributed by atoms with E-state index in [0.717, 1.165) is 19.1 Å². The average molecular weight is 181 g/mol. The zero-order valence-corrected chi connectivity index (χ0v) is 8.28. The van der Waals surface area contributed by atoms with Gasteiger partial charge >= 0.3 is 0 Å². The zero-order valence-electron chi connectivity index (χ0n) is 8.28. The quantitative estimate of drug-likeness (QED) is 0.595. The molecule has 13 heavy (non-hydrogen) atoms. The average Bonchev–Trinajstić information content (AvgIpc) is 2.71. The molecule has 2 rings (SSSR count). The molecule has 74 valence electrons. The van der Waals surface area contributed by atoms with E-state index in [4.69, 9.17) is 0 Å². The van der Waals surface area contributed by atoms with Gasteiger partial charge in [-0.25, -0.2) is 0 Å². The normalized spacial score (nSPS) is 26.6. The van der Waals surface area contributed by atoms with Crippen LogP contribution in [0.15, 0.2) is 5.10 Å². The first kappa shape index (κ1) is 9.00. The monoisotopic (exact) mass is 181 g/mol. The molecule has 0 amide bonds. The minimum Gasteiger partial charge on any atom is -0.297 e. The lowest BCUT2D eigenvalue weighted by molar-refractivity contribution is 0.101. The van der Waals surface area contributed by atoms with Crippen molar-refractivity contribution in [3.05, 3.63) is 0 Å². The van der Waals surface area contributed by atoms with Crippen LogP contribution in [0.1, 0.15) is 25.7 Å². The van der Waals surface area contributed by atoms with E-state index in [1.807, 2.05) is 0 Å². The Hall–Kier alpha value is -0.570. The van der Waals surface area contributed by atoms with E-state index in [1.165, 1.54) is 38.8 Å². The highest BCUT2D eigenvalue weighted by Crippen LogP contribution is 2.24. The molecule has 3 nitrogen and oxygen atoms in total. The SMILES string of the molecule is C=NN1CCN(C2CCCC2)CC1. The number of hydrogen-bond acceptors (Lipinski definition) is 3. The molecule has 0 bridgehead atoms. The minimum atomic E-state index is 0.881. The summed E-state index contributed by atoms with van der Waals surface area (Å²) < 4.78 is 0. The Balaban J connectivity index is 1.79. The van der Waals surface area contributed by atoms with Gasteiger partial charge in [0.05, 0.1) is 0 Å². The first-order chi connectivity index (χ1) is 6.40. The number of piperazine rings is 1. The van der Waals surface area contributed by atoms with Crippen LogP contribution < -0.4 is 0 Å². The van der Waals surface area contributed by atoms with Crippen molar-refractivity contribution in [1.29, 1.82) is 0 Å². The Morgan fingerprint density at radius 1 is 1.00 bits per heavy atom. The highest BCUT2D eigenvalue weighted by atomic mass is 15.5. The summed E-state index contributed by atoms with van der Waals surface area (Å²) in [7, 11) is 0. The fourth-order valence-corrected chi connectivity index (χ4v) is 2.49. The minimum absolute atomic E-state index is 0.881. The van der Waals surface area contributed by atoms with E-state index >= 15 is 0 Å². The molecule has 1 aliphatic heterocycles. The van der Waals surface area contributed by atoms with Crippen LogP contribution in [0.25, 0.3) is 0 Å². The van der Waals surface area contributed by atoms with Crippen LogP contribution in [-0.4, -0.2) is 48.8 Å². The second-order valence-electron chi connectivity index (χ2n) is 4.07.